The van der Waals surface area contributed by atoms with Gasteiger partial charge < -0.3 is 0 Å². The van der Waals surface area contributed by atoms with Gasteiger partial charge in [-0.1, -0.05) is 12.1 Å². The normalized spacial score (nSPS) is 14.5. The highest BCUT2D eigenvalue weighted by Gasteiger charge is 2.28. The average Bonchev–Trinajstić information content (AvgIpc) is 2.15. The second-order valence-corrected chi connectivity index (χ2v) is 6.73. The fourth-order valence-corrected chi connectivity index (χ4v) is 3.26. The number of sulfone groups is 1. The smallest absolute Gasteiger partial charge is 0.263 e. The zero-order valence-electron chi connectivity index (χ0n) is 9.19. The van der Waals surface area contributed by atoms with E-state index in [-0.39, 0.29) is 4.90 Å². The van der Waals surface area contributed by atoms with E-state index in [1.54, 1.807) is 13.0 Å². The van der Waals surface area contributed by atoms with Crippen molar-refractivity contribution in [1.82, 2.24) is 0 Å². The minimum atomic E-state index is -4.80. The Labute approximate surface area is 100 Å². The fourth-order valence-electron chi connectivity index (χ4n) is 1.21. The molecule has 0 heterocycles. The molecule has 96 valence electrons. The standard InChI is InChI=1S/C9H12O6S2/c1-7-4-3-5-9(6-7)16(10,11)8(2)15-17(12,13)14/h3-6,8H,1-2H3,(H,12,13,14). The molecule has 1 aromatic carbocycles. The first kappa shape index (κ1) is 14.1. The summed E-state index contributed by atoms with van der Waals surface area (Å²) in [5.74, 6) is 0. The van der Waals surface area contributed by atoms with Crippen LogP contribution < -0.4 is 0 Å². The summed E-state index contributed by atoms with van der Waals surface area (Å²) in [6.07, 6.45) is 0. The lowest BCUT2D eigenvalue weighted by atomic mass is 10.2. The highest BCUT2D eigenvalue weighted by atomic mass is 32.3. The van der Waals surface area contributed by atoms with Crippen LogP contribution in [0.4, 0.5) is 0 Å². The van der Waals surface area contributed by atoms with Crippen LogP contribution in [0, 0.1) is 6.92 Å². The molecule has 8 heteroatoms. The summed E-state index contributed by atoms with van der Waals surface area (Å²) in [4.78, 5) is -0.0614. The van der Waals surface area contributed by atoms with Crippen LogP contribution >= 0.6 is 0 Å². The van der Waals surface area contributed by atoms with Gasteiger partial charge in [-0.05, 0) is 31.5 Å². The molecule has 0 aliphatic carbocycles. The number of aryl methyl sites for hydroxylation is 1. The summed E-state index contributed by atoms with van der Waals surface area (Å²) in [6, 6.07) is 5.95. The van der Waals surface area contributed by atoms with Crippen molar-refractivity contribution < 1.29 is 25.6 Å². The van der Waals surface area contributed by atoms with Gasteiger partial charge in [0.25, 0.3) is 0 Å². The molecular formula is C9H12O6S2. The van der Waals surface area contributed by atoms with E-state index < -0.39 is 25.7 Å². The van der Waals surface area contributed by atoms with Gasteiger partial charge >= 0.3 is 10.4 Å². The van der Waals surface area contributed by atoms with E-state index in [9.17, 15) is 16.8 Å². The summed E-state index contributed by atoms with van der Waals surface area (Å²) < 4.78 is 57.1. The maximum atomic E-state index is 11.9. The minimum Gasteiger partial charge on any atom is -0.263 e. The second-order valence-electron chi connectivity index (χ2n) is 3.45. The first-order valence-electron chi connectivity index (χ1n) is 4.59. The van der Waals surface area contributed by atoms with E-state index in [0.29, 0.717) is 5.56 Å². The van der Waals surface area contributed by atoms with Crippen LogP contribution in [0.1, 0.15) is 12.5 Å². The van der Waals surface area contributed by atoms with E-state index in [4.69, 9.17) is 4.55 Å². The molecule has 0 bridgehead atoms. The number of hydrogen-bond donors (Lipinski definition) is 1. The van der Waals surface area contributed by atoms with Gasteiger partial charge in [-0.15, -0.1) is 0 Å². The van der Waals surface area contributed by atoms with Crippen LogP contribution in [0.15, 0.2) is 29.2 Å². The molecule has 1 N–H and O–H groups in total. The molecule has 0 aliphatic rings. The first-order chi connectivity index (χ1) is 7.63. The molecule has 0 saturated carbocycles. The Morgan fingerprint density at radius 1 is 1.24 bits per heavy atom. The molecule has 1 aromatic rings. The summed E-state index contributed by atoms with van der Waals surface area (Å²) >= 11 is 0. The SMILES string of the molecule is Cc1cccc(S(=O)(=O)C(C)OS(=O)(=O)O)c1. The maximum Gasteiger partial charge on any atom is 0.398 e. The van der Waals surface area contributed by atoms with Crippen LogP contribution in [-0.2, 0) is 24.4 Å². The molecule has 0 aromatic heterocycles. The van der Waals surface area contributed by atoms with Gasteiger partial charge in [-0.2, -0.15) is 8.42 Å². The van der Waals surface area contributed by atoms with Crippen LogP contribution in [0.5, 0.6) is 0 Å². The van der Waals surface area contributed by atoms with Crippen molar-refractivity contribution in [2.24, 2.45) is 0 Å². The quantitative estimate of drug-likeness (QED) is 0.824. The third kappa shape index (κ3) is 3.77. The summed E-state index contributed by atoms with van der Waals surface area (Å²) in [6.45, 7) is 2.73. The summed E-state index contributed by atoms with van der Waals surface area (Å²) in [7, 11) is -8.76. The third-order valence-electron chi connectivity index (χ3n) is 2.01. The average molecular weight is 280 g/mol. The van der Waals surface area contributed by atoms with Crippen LogP contribution in [0.25, 0.3) is 0 Å². The van der Waals surface area contributed by atoms with Gasteiger partial charge in [0, 0.05) is 0 Å². The summed E-state index contributed by atoms with van der Waals surface area (Å²) in [5, 5.41) is 0. The predicted octanol–water partition coefficient (Wildman–Crippen LogP) is 0.934. The van der Waals surface area contributed by atoms with Gasteiger partial charge in [0.2, 0.25) is 9.84 Å². The Kier molecular flexibility index (Phi) is 3.92. The number of rotatable bonds is 4. The lowest BCUT2D eigenvalue weighted by Gasteiger charge is -2.11. The Hall–Kier alpha value is -0.960. The van der Waals surface area contributed by atoms with Crippen molar-refractivity contribution in [3.63, 3.8) is 0 Å². The van der Waals surface area contributed by atoms with Gasteiger partial charge in [-0.3, -0.25) is 4.55 Å². The molecule has 0 radical (unpaired) electrons. The molecule has 0 amide bonds. The molecular weight excluding hydrogens is 268 g/mol. The van der Waals surface area contributed by atoms with Crippen molar-refractivity contribution in [3.05, 3.63) is 29.8 Å². The molecule has 0 spiro atoms. The largest absolute Gasteiger partial charge is 0.398 e. The van der Waals surface area contributed by atoms with Crippen molar-refractivity contribution in [2.75, 3.05) is 0 Å². The molecule has 6 nitrogen and oxygen atoms in total. The van der Waals surface area contributed by atoms with Crippen molar-refractivity contribution in [1.29, 1.82) is 0 Å². The highest BCUT2D eigenvalue weighted by Crippen LogP contribution is 2.18. The van der Waals surface area contributed by atoms with E-state index in [1.807, 2.05) is 0 Å². The molecule has 0 aliphatic heterocycles. The lowest BCUT2D eigenvalue weighted by Crippen LogP contribution is -2.24. The molecule has 0 fully saturated rings. The Morgan fingerprint density at radius 3 is 2.29 bits per heavy atom. The fraction of sp³-hybridized carbons (Fsp3) is 0.333. The predicted molar refractivity (Wildman–Crippen MR) is 60.5 cm³/mol. The number of benzene rings is 1. The zero-order chi connectivity index (χ0) is 13.3. The Bertz CT molecular complexity index is 602. The second kappa shape index (κ2) is 4.73. The Morgan fingerprint density at radius 2 is 1.82 bits per heavy atom. The van der Waals surface area contributed by atoms with Crippen molar-refractivity contribution in [3.8, 4) is 0 Å². The van der Waals surface area contributed by atoms with Gasteiger partial charge in [0.1, 0.15) is 0 Å². The van der Waals surface area contributed by atoms with Gasteiger partial charge in [0.15, 0.2) is 5.44 Å². The van der Waals surface area contributed by atoms with Crippen LogP contribution in [0.2, 0.25) is 0 Å². The van der Waals surface area contributed by atoms with Crippen LogP contribution in [-0.4, -0.2) is 26.8 Å². The molecule has 0 saturated heterocycles. The molecule has 17 heavy (non-hydrogen) atoms. The topological polar surface area (TPSA) is 97.7 Å². The van der Waals surface area contributed by atoms with Gasteiger partial charge in [0.05, 0.1) is 4.90 Å². The lowest BCUT2D eigenvalue weighted by molar-refractivity contribution is 0.251. The molecule has 1 atom stereocenters. The minimum absolute atomic E-state index is 0.0614. The number of hydrogen-bond acceptors (Lipinski definition) is 5. The first-order valence-corrected chi connectivity index (χ1v) is 7.50. The van der Waals surface area contributed by atoms with E-state index >= 15 is 0 Å². The van der Waals surface area contributed by atoms with Gasteiger partial charge in [-0.25, -0.2) is 12.6 Å². The zero-order valence-corrected chi connectivity index (χ0v) is 10.8. The third-order valence-corrected chi connectivity index (χ3v) is 4.55. The maximum absolute atomic E-state index is 11.9. The van der Waals surface area contributed by atoms with E-state index in [1.165, 1.54) is 18.2 Å². The molecule has 1 unspecified atom stereocenters. The summed E-state index contributed by atoms with van der Waals surface area (Å²) in [5.41, 5.74) is -0.968. The van der Waals surface area contributed by atoms with E-state index in [0.717, 1.165) is 6.92 Å². The highest BCUT2D eigenvalue weighted by molar-refractivity contribution is 7.92. The van der Waals surface area contributed by atoms with Crippen molar-refractivity contribution in [2.45, 2.75) is 24.2 Å². The van der Waals surface area contributed by atoms with Crippen LogP contribution in [0.3, 0.4) is 0 Å². The van der Waals surface area contributed by atoms with Crippen molar-refractivity contribution >= 4 is 20.2 Å². The van der Waals surface area contributed by atoms with E-state index in [2.05, 4.69) is 4.18 Å². The Balaban J connectivity index is 3.12. The molecule has 1 rings (SSSR count). The monoisotopic (exact) mass is 280 g/mol.